The van der Waals surface area contributed by atoms with Gasteiger partial charge in [-0.2, -0.15) is 0 Å². The number of carboxylic acid groups (broad SMARTS) is 1. The molecule has 1 aliphatic rings. The first-order valence-electron chi connectivity index (χ1n) is 6.45. The summed E-state index contributed by atoms with van der Waals surface area (Å²) in [5.41, 5.74) is -1.01. The number of aliphatic hydroxyl groups is 1. The second kappa shape index (κ2) is 6.46. The van der Waals surface area contributed by atoms with Crippen molar-refractivity contribution in [1.82, 2.24) is 10.2 Å². The second-order valence-corrected chi connectivity index (χ2v) is 5.64. The first kappa shape index (κ1) is 17.5. The summed E-state index contributed by atoms with van der Waals surface area (Å²) in [5.74, 6) is -3.36. The van der Waals surface area contributed by atoms with Crippen LogP contribution in [0.2, 0.25) is 0 Å². The number of aliphatic hydroxyl groups excluding tert-OH is 1. The van der Waals surface area contributed by atoms with E-state index in [1.54, 1.807) is 20.8 Å². The largest absolute Gasteiger partial charge is 0.515 e. The fraction of sp³-hybridized carbons (Fsp3) is 0.538. The van der Waals surface area contributed by atoms with Crippen molar-refractivity contribution < 1.29 is 34.1 Å². The maximum atomic E-state index is 11.7. The van der Waals surface area contributed by atoms with Crippen LogP contribution in [0.15, 0.2) is 11.8 Å². The number of hydrogen-bond acceptors (Lipinski definition) is 6. The molecule has 0 aliphatic carbocycles. The monoisotopic (exact) mass is 314 g/mol. The Labute approximate surface area is 126 Å². The van der Waals surface area contributed by atoms with Crippen LogP contribution >= 0.6 is 0 Å². The van der Waals surface area contributed by atoms with Gasteiger partial charge in [-0.15, -0.1) is 0 Å². The molecule has 0 radical (unpaired) electrons. The van der Waals surface area contributed by atoms with Crippen LogP contribution in [-0.2, 0) is 19.1 Å². The maximum absolute atomic E-state index is 11.7. The molecule has 1 rings (SSSR count). The Bertz CT molecular complexity index is 533. The number of nitrogens with one attached hydrogen (secondary N) is 1. The van der Waals surface area contributed by atoms with Crippen LogP contribution in [0.25, 0.3) is 0 Å². The first-order valence-corrected chi connectivity index (χ1v) is 6.45. The molecular formula is C13H18N2O7. The minimum Gasteiger partial charge on any atom is -0.515 e. The van der Waals surface area contributed by atoms with Crippen molar-refractivity contribution >= 4 is 23.8 Å². The summed E-state index contributed by atoms with van der Waals surface area (Å²) < 4.78 is 5.00. The van der Waals surface area contributed by atoms with E-state index in [4.69, 9.17) is 14.9 Å². The average molecular weight is 314 g/mol. The number of alkyl carbamates (subject to hydrolysis) is 1. The van der Waals surface area contributed by atoms with Crippen molar-refractivity contribution in [1.29, 1.82) is 0 Å². The molecule has 0 saturated carbocycles. The van der Waals surface area contributed by atoms with Gasteiger partial charge in [0.15, 0.2) is 0 Å². The van der Waals surface area contributed by atoms with Gasteiger partial charge in [0.2, 0.25) is 0 Å². The number of hydrogen-bond donors (Lipinski definition) is 3. The maximum Gasteiger partial charge on any atom is 0.407 e. The van der Waals surface area contributed by atoms with E-state index in [1.165, 1.54) is 0 Å². The molecule has 22 heavy (non-hydrogen) atoms. The van der Waals surface area contributed by atoms with Gasteiger partial charge in [-0.05, 0) is 20.8 Å². The third-order valence-electron chi connectivity index (χ3n) is 2.74. The van der Waals surface area contributed by atoms with E-state index in [2.05, 4.69) is 5.32 Å². The van der Waals surface area contributed by atoms with Gasteiger partial charge in [0.1, 0.15) is 12.1 Å². The normalized spacial score (nSPS) is 20.4. The van der Waals surface area contributed by atoms with Crippen molar-refractivity contribution in [3.05, 3.63) is 11.8 Å². The van der Waals surface area contributed by atoms with Crippen LogP contribution < -0.4 is 5.32 Å². The summed E-state index contributed by atoms with van der Waals surface area (Å²) in [6, 6.07) is -1.06. The summed E-state index contributed by atoms with van der Waals surface area (Å²) in [5, 5.41) is 20.2. The predicted octanol–water partition coefficient (Wildman–Crippen LogP) is -0.182. The zero-order valence-corrected chi connectivity index (χ0v) is 12.5. The number of aliphatic carboxylic acids is 1. The zero-order chi connectivity index (χ0) is 17.1. The van der Waals surface area contributed by atoms with E-state index in [0.717, 1.165) is 4.90 Å². The number of carboxylic acids is 1. The van der Waals surface area contributed by atoms with E-state index in [9.17, 15) is 19.2 Å². The SMILES string of the molecule is CC(C)(C)OC(=O)NCC1C(=CO)C(=O)C(=O)N1CC(=O)O. The van der Waals surface area contributed by atoms with Crippen LogP contribution in [0.3, 0.4) is 0 Å². The molecule has 3 N–H and O–H groups in total. The molecule has 2 amide bonds. The van der Waals surface area contributed by atoms with E-state index in [1.807, 2.05) is 0 Å². The molecule has 0 aromatic heterocycles. The van der Waals surface area contributed by atoms with Crippen LogP contribution in [0.4, 0.5) is 4.79 Å². The number of amides is 2. The Morgan fingerprint density at radius 3 is 2.41 bits per heavy atom. The van der Waals surface area contributed by atoms with Crippen molar-refractivity contribution in [2.24, 2.45) is 0 Å². The van der Waals surface area contributed by atoms with E-state index in [-0.39, 0.29) is 12.1 Å². The molecule has 0 aromatic carbocycles. The third kappa shape index (κ3) is 4.21. The van der Waals surface area contributed by atoms with Gasteiger partial charge in [-0.3, -0.25) is 14.4 Å². The molecule has 9 nitrogen and oxygen atoms in total. The number of likely N-dealkylation sites (tertiary alicyclic amines) is 1. The summed E-state index contributed by atoms with van der Waals surface area (Å²) in [6.45, 7) is 4.00. The molecule has 0 aromatic rings. The van der Waals surface area contributed by atoms with Gasteiger partial charge in [0, 0.05) is 6.54 Å². The molecule has 1 saturated heterocycles. The Hall–Kier alpha value is -2.58. The van der Waals surface area contributed by atoms with Gasteiger partial charge in [-0.25, -0.2) is 4.79 Å². The Morgan fingerprint density at radius 1 is 1.36 bits per heavy atom. The lowest BCUT2D eigenvalue weighted by Crippen LogP contribution is -2.45. The van der Waals surface area contributed by atoms with E-state index < -0.39 is 41.9 Å². The van der Waals surface area contributed by atoms with Gasteiger partial charge < -0.3 is 25.2 Å². The highest BCUT2D eigenvalue weighted by Gasteiger charge is 2.44. The van der Waals surface area contributed by atoms with Gasteiger partial charge >= 0.3 is 12.1 Å². The van der Waals surface area contributed by atoms with Crippen LogP contribution in [0, 0.1) is 0 Å². The number of ketones is 1. The molecular weight excluding hydrogens is 296 g/mol. The molecule has 1 unspecified atom stereocenters. The molecule has 1 atom stereocenters. The smallest absolute Gasteiger partial charge is 0.407 e. The molecule has 0 bridgehead atoms. The molecule has 1 aliphatic heterocycles. The highest BCUT2D eigenvalue weighted by Crippen LogP contribution is 2.21. The second-order valence-electron chi connectivity index (χ2n) is 5.64. The Balaban J connectivity index is 2.83. The first-order chi connectivity index (χ1) is 10.1. The van der Waals surface area contributed by atoms with E-state index >= 15 is 0 Å². The molecule has 1 fully saturated rings. The average Bonchev–Trinajstić information content (AvgIpc) is 2.58. The number of nitrogens with zero attached hydrogens (tertiary/aromatic N) is 1. The van der Waals surface area contributed by atoms with Crippen LogP contribution in [0.5, 0.6) is 0 Å². The zero-order valence-electron chi connectivity index (χ0n) is 12.5. The number of rotatable bonds is 4. The van der Waals surface area contributed by atoms with Gasteiger partial charge in [0.25, 0.3) is 11.7 Å². The van der Waals surface area contributed by atoms with Gasteiger partial charge in [0.05, 0.1) is 17.9 Å². The molecule has 122 valence electrons. The Morgan fingerprint density at radius 2 is 1.95 bits per heavy atom. The highest BCUT2D eigenvalue weighted by atomic mass is 16.6. The topological polar surface area (TPSA) is 133 Å². The predicted molar refractivity (Wildman–Crippen MR) is 73.1 cm³/mol. The highest BCUT2D eigenvalue weighted by molar-refractivity contribution is 6.45. The van der Waals surface area contributed by atoms with Crippen molar-refractivity contribution in [2.75, 3.05) is 13.1 Å². The quantitative estimate of drug-likeness (QED) is 0.372. The Kier molecular flexibility index (Phi) is 5.13. The van der Waals surface area contributed by atoms with Crippen LogP contribution in [0.1, 0.15) is 20.8 Å². The fourth-order valence-corrected chi connectivity index (χ4v) is 1.90. The fourth-order valence-electron chi connectivity index (χ4n) is 1.90. The van der Waals surface area contributed by atoms with E-state index in [0.29, 0.717) is 6.26 Å². The third-order valence-corrected chi connectivity index (χ3v) is 2.74. The number of carbonyl (C=O) groups excluding carboxylic acids is 3. The molecule has 9 heteroatoms. The van der Waals surface area contributed by atoms with Gasteiger partial charge in [-0.1, -0.05) is 0 Å². The minimum absolute atomic E-state index is 0.258. The summed E-state index contributed by atoms with van der Waals surface area (Å²) in [7, 11) is 0. The molecule has 1 heterocycles. The summed E-state index contributed by atoms with van der Waals surface area (Å²) in [4.78, 5) is 46.5. The lowest BCUT2D eigenvalue weighted by atomic mass is 10.1. The molecule has 0 spiro atoms. The lowest BCUT2D eigenvalue weighted by Gasteiger charge is -2.24. The standard InChI is InChI=1S/C13H18N2O7/c1-13(2,3)22-12(21)14-4-8-7(6-16)10(19)11(20)15(8)5-9(17)18/h6,8,16H,4-5H2,1-3H3,(H,14,21)(H,17,18). The minimum atomic E-state index is -1.32. The number of ether oxygens (including phenoxy) is 1. The summed E-state index contributed by atoms with van der Waals surface area (Å²) >= 11 is 0. The lowest BCUT2D eigenvalue weighted by molar-refractivity contribution is -0.146. The summed E-state index contributed by atoms with van der Waals surface area (Å²) in [6.07, 6.45) is -0.337. The van der Waals surface area contributed by atoms with Crippen molar-refractivity contribution in [3.8, 4) is 0 Å². The van der Waals surface area contributed by atoms with Crippen LogP contribution in [-0.4, -0.2) is 63.6 Å². The number of Topliss-reactive ketones (excluding diaryl/α,β-unsaturated/α-hetero) is 1. The van der Waals surface area contributed by atoms with Crippen molar-refractivity contribution in [2.45, 2.75) is 32.4 Å². The van der Waals surface area contributed by atoms with Crippen molar-refractivity contribution in [3.63, 3.8) is 0 Å². The number of carbonyl (C=O) groups is 4.